The van der Waals surface area contributed by atoms with Crippen molar-refractivity contribution in [2.45, 2.75) is 135 Å². The van der Waals surface area contributed by atoms with Gasteiger partial charge in [-0.15, -0.1) is 0 Å². The molecule has 0 aromatic heterocycles. The molecule has 5 fully saturated rings. The highest BCUT2D eigenvalue weighted by Gasteiger charge is 2.63. The maximum absolute atomic E-state index is 13.6. The summed E-state index contributed by atoms with van der Waals surface area (Å²) in [5.41, 5.74) is -0.632. The lowest BCUT2D eigenvalue weighted by atomic mass is 9.48. The van der Waals surface area contributed by atoms with E-state index >= 15 is 0 Å². The predicted molar refractivity (Wildman–Crippen MR) is 162 cm³/mol. The molecule has 3 saturated carbocycles. The van der Waals surface area contributed by atoms with E-state index in [0.29, 0.717) is 6.61 Å². The molecule has 0 amide bonds. The topological polar surface area (TPSA) is 186 Å². The third-order valence-corrected chi connectivity index (χ3v) is 13.7. The number of aliphatic hydroxyl groups excluding tert-OH is 7. The van der Waals surface area contributed by atoms with Gasteiger partial charge in [0.05, 0.1) is 43.5 Å². The average molecular weight is 643 g/mol. The van der Waals surface area contributed by atoms with Gasteiger partial charge >= 0.3 is 5.97 Å². The zero-order valence-corrected chi connectivity index (χ0v) is 27.7. The number of carbonyl (C=O) groups is 1. The second kappa shape index (κ2) is 13.2. The number of ether oxygens (including phenoxy) is 3. The van der Waals surface area contributed by atoms with E-state index in [1.165, 1.54) is 0 Å². The summed E-state index contributed by atoms with van der Waals surface area (Å²) in [6, 6.07) is 0. The van der Waals surface area contributed by atoms with Gasteiger partial charge in [-0.1, -0.05) is 41.5 Å². The number of aliphatic hydroxyl groups is 7. The third-order valence-electron chi connectivity index (χ3n) is 13.7. The fourth-order valence-electron chi connectivity index (χ4n) is 10.4. The van der Waals surface area contributed by atoms with Gasteiger partial charge in [0.25, 0.3) is 0 Å². The fraction of sp³-hybridized carbons (Fsp3) is 0.971. The third kappa shape index (κ3) is 6.01. The Balaban J connectivity index is 1.32. The van der Waals surface area contributed by atoms with Crippen LogP contribution in [-0.4, -0.2) is 110 Å². The summed E-state index contributed by atoms with van der Waals surface area (Å²) >= 11 is 0. The summed E-state index contributed by atoms with van der Waals surface area (Å²) in [5.74, 6) is 0.00258. The van der Waals surface area contributed by atoms with E-state index in [9.17, 15) is 40.5 Å². The molecule has 2 aliphatic heterocycles. The number of esters is 1. The van der Waals surface area contributed by atoms with Crippen molar-refractivity contribution < 1.29 is 54.8 Å². The standard InChI is InChI=1S/C34H58O11/c1-15(2)16(3)26(37)27(38)17(4)19-7-8-20-18-14-43-31(42)22-11-24(44-32-30(41)29(40)28(39)25(13-35)45-32)23(36)12-34(22,6)21(18)9-10-33(19,20)5/h15-30,32,35-41H,7-14H2,1-6H3/t16-,17-,18-,19+,20-,21-,22+,23+,24-,25+,26+,27+,28+,29-,30+,32+,33+,34+/m0/s1. The molecular formula is C34H58O11. The summed E-state index contributed by atoms with van der Waals surface area (Å²) in [4.78, 5) is 13.6. The van der Waals surface area contributed by atoms with Gasteiger partial charge in [-0.05, 0) is 90.8 Å². The van der Waals surface area contributed by atoms with Gasteiger partial charge in [0, 0.05) is 0 Å². The molecule has 0 unspecified atom stereocenters. The van der Waals surface area contributed by atoms with Crippen molar-refractivity contribution in [2.24, 2.45) is 58.2 Å². The summed E-state index contributed by atoms with van der Waals surface area (Å²) in [7, 11) is 0. The van der Waals surface area contributed by atoms with Crippen molar-refractivity contribution in [3.8, 4) is 0 Å². The molecule has 18 atom stereocenters. The van der Waals surface area contributed by atoms with E-state index in [2.05, 4.69) is 34.6 Å². The minimum Gasteiger partial charge on any atom is -0.465 e. The van der Waals surface area contributed by atoms with Crippen molar-refractivity contribution in [1.82, 2.24) is 0 Å². The van der Waals surface area contributed by atoms with Crippen LogP contribution in [0.15, 0.2) is 0 Å². The van der Waals surface area contributed by atoms with Gasteiger partial charge in [0.2, 0.25) is 0 Å². The first-order valence-electron chi connectivity index (χ1n) is 17.2. The number of carbonyl (C=O) groups excluding carboxylic acids is 1. The minimum absolute atomic E-state index is 0.0208. The van der Waals surface area contributed by atoms with Gasteiger partial charge in [0.15, 0.2) is 6.29 Å². The summed E-state index contributed by atoms with van der Waals surface area (Å²) in [6.07, 6.45) is -6.62. The van der Waals surface area contributed by atoms with Crippen molar-refractivity contribution in [1.29, 1.82) is 0 Å². The van der Waals surface area contributed by atoms with Crippen LogP contribution in [0.5, 0.6) is 0 Å². The summed E-state index contributed by atoms with van der Waals surface area (Å²) in [6.45, 7) is 12.3. The molecule has 11 heteroatoms. The van der Waals surface area contributed by atoms with E-state index < -0.39 is 73.1 Å². The fourth-order valence-corrected chi connectivity index (χ4v) is 10.4. The maximum atomic E-state index is 13.6. The molecule has 5 aliphatic rings. The van der Waals surface area contributed by atoms with E-state index in [1.54, 1.807) is 0 Å². The van der Waals surface area contributed by atoms with Crippen molar-refractivity contribution >= 4 is 5.97 Å². The zero-order valence-electron chi connectivity index (χ0n) is 27.7. The van der Waals surface area contributed by atoms with Gasteiger partial charge in [-0.25, -0.2) is 0 Å². The van der Waals surface area contributed by atoms with Crippen molar-refractivity contribution in [2.75, 3.05) is 13.2 Å². The minimum atomic E-state index is -1.60. The number of rotatable bonds is 8. The van der Waals surface area contributed by atoms with E-state index in [0.717, 1.165) is 25.7 Å². The molecular weight excluding hydrogens is 584 g/mol. The molecule has 7 N–H and O–H groups in total. The van der Waals surface area contributed by atoms with Crippen LogP contribution in [-0.2, 0) is 19.0 Å². The van der Waals surface area contributed by atoms with Crippen LogP contribution in [0.4, 0.5) is 0 Å². The van der Waals surface area contributed by atoms with Gasteiger partial charge < -0.3 is 50.0 Å². The Labute approximate surface area is 267 Å². The van der Waals surface area contributed by atoms with Crippen LogP contribution in [0, 0.1) is 58.2 Å². The first kappa shape index (κ1) is 35.4. The molecule has 2 saturated heterocycles. The molecule has 0 aromatic rings. The SMILES string of the molecule is CC(C)[C@H](C)[C@@H](O)[C@H](O)[C@@H](C)[C@H]1CC[C@H]2[C@@H]3COC(=O)[C@H]4C[C@H](O[C@@H]5O[C@H](CO)[C@@H](O)[C@H](O)[C@H]5O)[C@H](O)C[C@]4(C)[C@H]3CC[C@]12C. The summed E-state index contributed by atoms with van der Waals surface area (Å²) < 4.78 is 17.5. The second-order valence-electron chi connectivity index (χ2n) is 16.1. The lowest BCUT2D eigenvalue weighted by Crippen LogP contribution is -2.61. The van der Waals surface area contributed by atoms with Crippen LogP contribution in [0.3, 0.4) is 0 Å². The smallest absolute Gasteiger partial charge is 0.309 e. The largest absolute Gasteiger partial charge is 0.465 e. The zero-order chi connectivity index (χ0) is 33.2. The summed E-state index contributed by atoms with van der Waals surface area (Å²) in [5, 5.41) is 74.2. The highest BCUT2D eigenvalue weighted by molar-refractivity contribution is 5.74. The molecule has 0 radical (unpaired) electrons. The second-order valence-corrected chi connectivity index (χ2v) is 16.1. The molecule has 0 aromatic carbocycles. The predicted octanol–water partition coefficient (Wildman–Crippen LogP) is 1.21. The molecule has 260 valence electrons. The Morgan fingerprint density at radius 1 is 0.911 bits per heavy atom. The number of hydrogen-bond donors (Lipinski definition) is 7. The highest BCUT2D eigenvalue weighted by Crippen LogP contribution is 2.66. The average Bonchev–Trinajstić information content (AvgIpc) is 3.31. The molecule has 11 nitrogen and oxygen atoms in total. The molecule has 5 rings (SSSR count). The first-order valence-corrected chi connectivity index (χ1v) is 17.2. The van der Waals surface area contributed by atoms with Crippen LogP contribution < -0.4 is 0 Å². The Morgan fingerprint density at radius 3 is 2.22 bits per heavy atom. The van der Waals surface area contributed by atoms with Gasteiger partial charge in [0.1, 0.15) is 24.4 Å². The Kier molecular flexibility index (Phi) is 10.4. The lowest BCUT2D eigenvalue weighted by Gasteiger charge is -2.56. The number of cyclic esters (lactones) is 1. The van der Waals surface area contributed by atoms with Crippen LogP contribution in [0.1, 0.15) is 80.1 Å². The van der Waals surface area contributed by atoms with Gasteiger partial charge in [-0.3, -0.25) is 4.79 Å². The van der Waals surface area contributed by atoms with Gasteiger partial charge in [-0.2, -0.15) is 0 Å². The van der Waals surface area contributed by atoms with Crippen molar-refractivity contribution in [3.63, 3.8) is 0 Å². The molecule has 45 heavy (non-hydrogen) atoms. The van der Waals surface area contributed by atoms with Crippen LogP contribution in [0.2, 0.25) is 0 Å². The normalized spacial score (nSPS) is 49.6. The molecule has 0 bridgehead atoms. The highest BCUT2D eigenvalue weighted by atomic mass is 16.7. The van der Waals surface area contributed by atoms with Crippen LogP contribution in [0.25, 0.3) is 0 Å². The van der Waals surface area contributed by atoms with E-state index in [4.69, 9.17) is 14.2 Å². The first-order chi connectivity index (χ1) is 21.1. The lowest BCUT2D eigenvalue weighted by molar-refractivity contribution is -0.322. The maximum Gasteiger partial charge on any atom is 0.309 e. The van der Waals surface area contributed by atoms with E-state index in [1.807, 2.05) is 6.92 Å². The number of hydrogen-bond acceptors (Lipinski definition) is 11. The van der Waals surface area contributed by atoms with Crippen LogP contribution >= 0.6 is 0 Å². The Bertz CT molecular complexity index is 1040. The Morgan fingerprint density at radius 2 is 1.58 bits per heavy atom. The molecule has 0 spiro atoms. The van der Waals surface area contributed by atoms with E-state index in [-0.39, 0.29) is 65.7 Å². The van der Waals surface area contributed by atoms with Crippen molar-refractivity contribution in [3.05, 3.63) is 0 Å². The quantitative estimate of drug-likeness (QED) is 0.189. The molecule has 2 heterocycles. The Hall–Kier alpha value is -0.890. The molecule has 3 aliphatic carbocycles. The number of fused-ring (bicyclic) bond motifs is 5. The monoisotopic (exact) mass is 642 g/mol.